The first-order valence-corrected chi connectivity index (χ1v) is 9.03. The number of nitrogens with zero attached hydrogens (tertiary/aromatic N) is 1. The van der Waals surface area contributed by atoms with Crippen molar-refractivity contribution in [3.8, 4) is 0 Å². The van der Waals surface area contributed by atoms with E-state index >= 15 is 0 Å². The van der Waals surface area contributed by atoms with Gasteiger partial charge in [-0.25, -0.2) is 0 Å². The monoisotopic (exact) mass is 449 g/mol. The molecule has 7 nitrogen and oxygen atoms in total. The molecule has 0 saturated carbocycles. The van der Waals surface area contributed by atoms with Crippen LogP contribution in [0.5, 0.6) is 0 Å². The van der Waals surface area contributed by atoms with Crippen molar-refractivity contribution in [2.45, 2.75) is 45.6 Å². The van der Waals surface area contributed by atoms with Crippen molar-refractivity contribution in [3.63, 3.8) is 0 Å². The molecule has 1 aromatic rings. The van der Waals surface area contributed by atoms with E-state index in [9.17, 15) is 4.79 Å². The molecule has 0 spiro atoms. The van der Waals surface area contributed by atoms with Crippen molar-refractivity contribution in [1.82, 2.24) is 4.90 Å². The predicted octanol–water partition coefficient (Wildman–Crippen LogP) is 4.02. The summed E-state index contributed by atoms with van der Waals surface area (Å²) in [6.45, 7) is 23.6. The fraction of sp³-hybridized carbons (Fsp3) is 0.364. The van der Waals surface area contributed by atoms with Crippen LogP contribution in [0.15, 0.2) is 35.9 Å². The van der Waals surface area contributed by atoms with Crippen molar-refractivity contribution in [3.05, 3.63) is 68.1 Å². The second kappa shape index (κ2) is 18.6. The molecular weight excluding hydrogens is 426 g/mol. The van der Waals surface area contributed by atoms with Gasteiger partial charge in [-0.2, -0.15) is 0 Å². The van der Waals surface area contributed by atoms with Crippen LogP contribution in [-0.4, -0.2) is 28.1 Å². The van der Waals surface area contributed by atoms with Gasteiger partial charge in [-0.3, -0.25) is 0 Å². The van der Waals surface area contributed by atoms with Crippen molar-refractivity contribution in [2.24, 2.45) is 0 Å². The number of amides is 1. The Morgan fingerprint density at radius 3 is 1.87 bits per heavy atom. The molecule has 0 N–H and O–H groups in total. The normalized spacial score (nSPS) is 11.2. The molecule has 2 rings (SSSR count). The Labute approximate surface area is 185 Å². The van der Waals surface area contributed by atoms with E-state index in [1.54, 1.807) is 11.9 Å². The van der Waals surface area contributed by atoms with Crippen molar-refractivity contribution in [1.29, 1.82) is 0 Å². The summed E-state index contributed by atoms with van der Waals surface area (Å²) in [4.78, 5) is 13.8. The third kappa shape index (κ3) is 11.6. The number of benzene rings is 1. The molecule has 1 aliphatic carbocycles. The number of rotatable bonds is 3. The molecule has 0 heterocycles. The van der Waals surface area contributed by atoms with E-state index in [1.807, 2.05) is 26.8 Å². The van der Waals surface area contributed by atoms with Gasteiger partial charge in [-0.15, -0.1) is 0 Å². The van der Waals surface area contributed by atoms with Crippen LogP contribution in [0.3, 0.4) is 0 Å². The fourth-order valence-electron chi connectivity index (χ4n) is 2.55. The molecule has 0 aromatic heterocycles. The van der Waals surface area contributed by atoms with Gasteiger partial charge in [0, 0.05) is 0 Å². The standard InChI is InChI=1S/C18H23NO2.4CO.Cr/c1-18(2,3)21-17(20)19(4)13-15-11-8-12-16(15)14-9-6-5-7-10-14;4*1-2;/h5-7,9-10H,8,11-12H2,1-4H3;;;;;. The van der Waals surface area contributed by atoms with E-state index in [1.165, 1.54) is 16.7 Å². The van der Waals surface area contributed by atoms with Gasteiger partial charge < -0.3 is 0 Å². The van der Waals surface area contributed by atoms with Crippen LogP contribution >= 0.6 is 0 Å². The van der Waals surface area contributed by atoms with E-state index in [2.05, 4.69) is 66.7 Å². The Morgan fingerprint density at radius 1 is 0.967 bits per heavy atom. The molecule has 0 saturated heterocycles. The summed E-state index contributed by atoms with van der Waals surface area (Å²) in [5, 5.41) is 0. The quantitative estimate of drug-likeness (QED) is 0.513. The minimum atomic E-state index is -0.488. The van der Waals surface area contributed by atoms with Gasteiger partial charge in [0.05, 0.1) is 0 Å². The minimum absolute atomic E-state index is 0.326. The van der Waals surface area contributed by atoms with Gasteiger partial charge in [0.15, 0.2) is 0 Å². The molecule has 1 amide bonds. The van der Waals surface area contributed by atoms with Crippen molar-refractivity contribution in [2.75, 3.05) is 7.05 Å². The second-order valence-electron chi connectivity index (χ2n) is 6.52. The van der Waals surface area contributed by atoms with Crippen molar-refractivity contribution < 1.29 is 44.0 Å². The van der Waals surface area contributed by atoms with E-state index < -0.39 is 5.60 Å². The van der Waals surface area contributed by atoms with Gasteiger partial charge >= 0.3 is 186 Å². The van der Waals surface area contributed by atoms with E-state index in [0.29, 0.717) is 0 Å². The van der Waals surface area contributed by atoms with Gasteiger partial charge in [0.1, 0.15) is 0 Å². The van der Waals surface area contributed by atoms with Crippen molar-refractivity contribution >= 4 is 16.2 Å². The van der Waals surface area contributed by atoms with Gasteiger partial charge in [-0.05, 0) is 0 Å². The zero-order valence-electron chi connectivity index (χ0n) is 17.3. The average Bonchev–Trinajstić information content (AvgIpc) is 3.27. The number of allylic oxidation sites excluding steroid dienone is 1. The number of hydrogen-bond donors (Lipinski definition) is 0. The average molecular weight is 449 g/mol. The van der Waals surface area contributed by atoms with Crippen LogP contribution in [-0.2, 0) is 39.2 Å². The maximum absolute atomic E-state index is 12.2. The summed E-state index contributed by atoms with van der Waals surface area (Å²) >= 11 is 3.07. The maximum atomic E-state index is 12.2. The van der Waals surface area contributed by atoms with Crippen LogP contribution < -0.4 is 0 Å². The Hall–Kier alpha value is -2.41. The van der Waals surface area contributed by atoms with Gasteiger partial charge in [0.2, 0.25) is 0 Å². The van der Waals surface area contributed by atoms with Gasteiger partial charge in [0.25, 0.3) is 0 Å². The molecule has 1 aliphatic rings. The Bertz CT molecular complexity index is 746. The Balaban J connectivity index is -0.000000815. The molecule has 30 heavy (non-hydrogen) atoms. The molecule has 0 radical (unpaired) electrons. The van der Waals surface area contributed by atoms with Crippen LogP contribution in [0.2, 0.25) is 0 Å². The number of carbonyl (C=O) groups excluding carboxylic acids is 1. The molecule has 1 aromatic carbocycles. The van der Waals surface area contributed by atoms with Crippen LogP contribution in [0.25, 0.3) is 5.57 Å². The third-order valence-electron chi connectivity index (χ3n) is 3.57. The first-order chi connectivity index (χ1) is 14.3. The Kier molecular flexibility index (Phi) is 20.0. The SMILES string of the molecule is CN(C(=O)OC(C)(C)C)[C](=[Cr])C1=C(c2ccccc2)CCC1.[C-]#[O+].[C-]#[O+].[C-]#[O+].[C-]#[O+]. The summed E-state index contributed by atoms with van der Waals surface area (Å²) in [5.74, 6) is 0. The second-order valence-corrected chi connectivity index (χ2v) is 7.13. The zero-order chi connectivity index (χ0) is 24.3. The first-order valence-electron chi connectivity index (χ1n) is 8.40. The number of hydrogen-bond acceptors (Lipinski definition) is 2. The summed E-state index contributed by atoms with van der Waals surface area (Å²) in [5.41, 5.74) is 3.29. The number of likely N-dealkylation sites (N-methyl/N-ethyl adjacent to an activating group) is 1. The topological polar surface area (TPSA) is 109 Å². The van der Waals surface area contributed by atoms with Crippen LogP contribution in [0, 0.1) is 26.6 Å². The molecular formula is C22H23CrNO6. The number of carbonyl (C=O) groups is 1. The van der Waals surface area contributed by atoms with Crippen LogP contribution in [0.4, 0.5) is 4.79 Å². The van der Waals surface area contributed by atoms with Gasteiger partial charge in [-0.1, -0.05) is 0 Å². The van der Waals surface area contributed by atoms with E-state index in [-0.39, 0.29) is 6.09 Å². The fourth-order valence-corrected chi connectivity index (χ4v) is 3.02. The summed E-state index contributed by atoms with van der Waals surface area (Å²) in [6.07, 6.45) is 2.83. The zero-order valence-corrected chi connectivity index (χ0v) is 18.6. The summed E-state index contributed by atoms with van der Waals surface area (Å²) in [6, 6.07) is 10.4. The molecule has 0 aliphatic heterocycles. The predicted molar refractivity (Wildman–Crippen MR) is 102 cm³/mol. The van der Waals surface area contributed by atoms with E-state index in [4.69, 9.17) is 23.3 Å². The molecule has 0 atom stereocenters. The number of ether oxygens (including phenoxy) is 1. The summed E-state index contributed by atoms with van der Waals surface area (Å²) in [7, 11) is 1.76. The van der Waals surface area contributed by atoms with E-state index in [0.717, 1.165) is 23.8 Å². The third-order valence-corrected chi connectivity index (χ3v) is 4.38. The molecule has 0 fully saturated rings. The van der Waals surface area contributed by atoms with Crippen LogP contribution in [0.1, 0.15) is 45.6 Å². The Morgan fingerprint density at radius 2 is 1.43 bits per heavy atom. The molecule has 0 bridgehead atoms. The molecule has 158 valence electrons. The molecule has 0 unspecified atom stereocenters. The first kappa shape index (κ1) is 32.3. The summed E-state index contributed by atoms with van der Waals surface area (Å²) < 4.78 is 36.3. The molecule has 8 heteroatoms.